The number of nitro groups is 1. The molecular formula is C20H21FN2O3. The van der Waals surface area contributed by atoms with Gasteiger partial charge < -0.3 is 5.32 Å². The maximum atomic E-state index is 13.7. The summed E-state index contributed by atoms with van der Waals surface area (Å²) >= 11 is 0. The van der Waals surface area contributed by atoms with E-state index in [2.05, 4.69) is 5.32 Å². The molecule has 3 rings (SSSR count). The zero-order valence-corrected chi connectivity index (χ0v) is 14.6. The predicted molar refractivity (Wildman–Crippen MR) is 96.2 cm³/mol. The van der Waals surface area contributed by atoms with Gasteiger partial charge in [0.25, 0.3) is 5.69 Å². The van der Waals surface area contributed by atoms with Crippen LogP contribution in [-0.2, 0) is 10.2 Å². The first kappa shape index (κ1) is 18.0. The summed E-state index contributed by atoms with van der Waals surface area (Å²) in [5.74, 6) is -0.507. The largest absolute Gasteiger partial charge is 0.349 e. The first-order valence-corrected chi connectivity index (χ1v) is 8.74. The van der Waals surface area contributed by atoms with E-state index >= 15 is 0 Å². The Balaban J connectivity index is 1.85. The summed E-state index contributed by atoms with van der Waals surface area (Å²) in [6.07, 6.45) is 3.16. The molecule has 0 radical (unpaired) electrons. The Morgan fingerprint density at radius 3 is 2.54 bits per heavy atom. The summed E-state index contributed by atoms with van der Waals surface area (Å²) in [7, 11) is 0. The third-order valence-corrected chi connectivity index (χ3v) is 5.20. The van der Waals surface area contributed by atoms with Gasteiger partial charge in [-0.15, -0.1) is 0 Å². The molecule has 1 unspecified atom stereocenters. The van der Waals surface area contributed by atoms with E-state index in [1.807, 2.05) is 0 Å². The van der Waals surface area contributed by atoms with Gasteiger partial charge in [0.2, 0.25) is 5.91 Å². The molecule has 0 saturated heterocycles. The minimum atomic E-state index is -0.739. The van der Waals surface area contributed by atoms with Gasteiger partial charge in [0, 0.05) is 12.1 Å². The summed E-state index contributed by atoms with van der Waals surface area (Å²) in [4.78, 5) is 23.6. The van der Waals surface area contributed by atoms with Crippen LogP contribution in [0.25, 0.3) is 0 Å². The molecule has 0 aliphatic heterocycles. The molecule has 0 spiro atoms. The molecule has 1 atom stereocenters. The minimum absolute atomic E-state index is 0.00990. The highest BCUT2D eigenvalue weighted by Gasteiger charge is 2.43. The fourth-order valence-corrected chi connectivity index (χ4v) is 3.74. The standard InChI is InChI=1S/C20H21FN2O3/c1-14(15-6-4-9-18(12-15)23(25)26)22-19(24)20(10-2-3-11-20)16-7-5-8-17(21)13-16/h4-9,12-14H,2-3,10-11H2,1H3,(H,22,24). The lowest BCUT2D eigenvalue weighted by molar-refractivity contribution is -0.384. The number of carbonyl (C=O) groups excluding carboxylic acids is 1. The SMILES string of the molecule is CC(NC(=O)C1(c2cccc(F)c2)CCCC1)c1cccc([N+](=O)[O-])c1. The van der Waals surface area contributed by atoms with E-state index in [9.17, 15) is 19.3 Å². The van der Waals surface area contributed by atoms with Crippen molar-refractivity contribution in [3.05, 3.63) is 75.6 Å². The van der Waals surface area contributed by atoms with E-state index < -0.39 is 10.3 Å². The summed E-state index contributed by atoms with van der Waals surface area (Å²) in [6.45, 7) is 1.80. The van der Waals surface area contributed by atoms with E-state index in [0.29, 0.717) is 24.0 Å². The van der Waals surface area contributed by atoms with Crippen LogP contribution >= 0.6 is 0 Å². The zero-order chi connectivity index (χ0) is 18.7. The van der Waals surface area contributed by atoms with Gasteiger partial charge in [-0.25, -0.2) is 4.39 Å². The topological polar surface area (TPSA) is 72.2 Å². The number of benzene rings is 2. The van der Waals surface area contributed by atoms with Crippen LogP contribution in [0.1, 0.15) is 49.8 Å². The van der Waals surface area contributed by atoms with Crippen molar-refractivity contribution >= 4 is 11.6 Å². The monoisotopic (exact) mass is 356 g/mol. The van der Waals surface area contributed by atoms with Crippen molar-refractivity contribution in [2.75, 3.05) is 0 Å². The molecular weight excluding hydrogens is 335 g/mol. The number of nitro benzene ring substituents is 1. The third kappa shape index (κ3) is 3.45. The molecule has 1 fully saturated rings. The zero-order valence-electron chi connectivity index (χ0n) is 14.6. The van der Waals surface area contributed by atoms with Crippen LogP contribution in [0.4, 0.5) is 10.1 Å². The smallest absolute Gasteiger partial charge is 0.269 e. The van der Waals surface area contributed by atoms with Gasteiger partial charge in [0.1, 0.15) is 5.82 Å². The van der Waals surface area contributed by atoms with Crippen LogP contribution in [-0.4, -0.2) is 10.8 Å². The number of hydrogen-bond acceptors (Lipinski definition) is 3. The van der Waals surface area contributed by atoms with E-state index in [1.54, 1.807) is 31.2 Å². The second kappa shape index (κ2) is 7.23. The van der Waals surface area contributed by atoms with Gasteiger partial charge in [-0.3, -0.25) is 14.9 Å². The molecule has 0 aromatic heterocycles. The highest BCUT2D eigenvalue weighted by atomic mass is 19.1. The maximum absolute atomic E-state index is 13.7. The Morgan fingerprint density at radius 2 is 1.88 bits per heavy atom. The van der Waals surface area contributed by atoms with E-state index in [4.69, 9.17) is 0 Å². The third-order valence-electron chi connectivity index (χ3n) is 5.20. The Hall–Kier alpha value is -2.76. The number of non-ortho nitro benzene ring substituents is 1. The Kier molecular flexibility index (Phi) is 5.02. The highest BCUT2D eigenvalue weighted by molar-refractivity contribution is 5.89. The van der Waals surface area contributed by atoms with E-state index in [0.717, 1.165) is 12.8 Å². The van der Waals surface area contributed by atoms with Crippen molar-refractivity contribution in [2.24, 2.45) is 0 Å². The predicted octanol–water partition coefficient (Wildman–Crippen LogP) is 4.42. The second-order valence-electron chi connectivity index (χ2n) is 6.85. The summed E-state index contributed by atoms with van der Waals surface area (Å²) in [5, 5.41) is 13.9. The fourth-order valence-electron chi connectivity index (χ4n) is 3.74. The summed E-state index contributed by atoms with van der Waals surface area (Å²) in [6, 6.07) is 12.1. The van der Waals surface area contributed by atoms with Gasteiger partial charge in [-0.1, -0.05) is 37.1 Å². The van der Waals surface area contributed by atoms with Gasteiger partial charge in [0.05, 0.1) is 16.4 Å². The molecule has 136 valence electrons. The van der Waals surface area contributed by atoms with Crippen molar-refractivity contribution in [3.63, 3.8) is 0 Å². The summed E-state index contributed by atoms with van der Waals surface area (Å²) in [5.41, 5.74) is 0.611. The minimum Gasteiger partial charge on any atom is -0.349 e. The molecule has 1 amide bonds. The molecule has 5 nitrogen and oxygen atoms in total. The van der Waals surface area contributed by atoms with Crippen LogP contribution in [0, 0.1) is 15.9 Å². The van der Waals surface area contributed by atoms with Gasteiger partial charge in [-0.2, -0.15) is 0 Å². The van der Waals surface area contributed by atoms with Gasteiger partial charge >= 0.3 is 0 Å². The number of carbonyl (C=O) groups is 1. The van der Waals surface area contributed by atoms with Crippen LogP contribution in [0.15, 0.2) is 48.5 Å². The van der Waals surface area contributed by atoms with Crippen molar-refractivity contribution in [3.8, 4) is 0 Å². The van der Waals surface area contributed by atoms with Crippen LogP contribution in [0.3, 0.4) is 0 Å². The van der Waals surface area contributed by atoms with Crippen LogP contribution in [0.2, 0.25) is 0 Å². The number of rotatable bonds is 5. The molecule has 26 heavy (non-hydrogen) atoms. The van der Waals surface area contributed by atoms with Crippen LogP contribution < -0.4 is 5.32 Å². The molecule has 1 aliphatic carbocycles. The van der Waals surface area contributed by atoms with E-state index in [-0.39, 0.29) is 23.5 Å². The molecule has 2 aromatic carbocycles. The lowest BCUT2D eigenvalue weighted by Gasteiger charge is -2.30. The lowest BCUT2D eigenvalue weighted by Crippen LogP contribution is -2.43. The van der Waals surface area contributed by atoms with Crippen molar-refractivity contribution in [1.29, 1.82) is 0 Å². The average Bonchev–Trinajstić information content (AvgIpc) is 3.13. The molecule has 1 aliphatic rings. The highest BCUT2D eigenvalue weighted by Crippen LogP contribution is 2.42. The molecule has 0 bridgehead atoms. The second-order valence-corrected chi connectivity index (χ2v) is 6.85. The average molecular weight is 356 g/mol. The first-order chi connectivity index (χ1) is 12.4. The van der Waals surface area contributed by atoms with Gasteiger partial charge in [0.15, 0.2) is 0 Å². The molecule has 2 aromatic rings. The Bertz CT molecular complexity index is 831. The molecule has 1 N–H and O–H groups in total. The number of amides is 1. The number of nitrogens with zero attached hydrogens (tertiary/aromatic N) is 1. The quantitative estimate of drug-likeness (QED) is 0.636. The molecule has 0 heterocycles. The normalized spacial score (nSPS) is 16.8. The van der Waals surface area contributed by atoms with Crippen molar-refractivity contribution in [2.45, 2.75) is 44.1 Å². The Morgan fingerprint density at radius 1 is 1.19 bits per heavy atom. The number of nitrogens with one attached hydrogen (secondary N) is 1. The fraction of sp³-hybridized carbons (Fsp3) is 0.350. The summed E-state index contributed by atoms with van der Waals surface area (Å²) < 4.78 is 13.7. The maximum Gasteiger partial charge on any atom is 0.269 e. The van der Waals surface area contributed by atoms with Gasteiger partial charge in [-0.05, 0) is 43.0 Å². The number of halogens is 1. The lowest BCUT2D eigenvalue weighted by atomic mass is 9.77. The first-order valence-electron chi connectivity index (χ1n) is 8.74. The molecule has 6 heteroatoms. The number of hydrogen-bond donors (Lipinski definition) is 1. The Labute approximate surface area is 151 Å². The van der Waals surface area contributed by atoms with Crippen LogP contribution in [0.5, 0.6) is 0 Å². The van der Waals surface area contributed by atoms with Crippen molar-refractivity contribution in [1.82, 2.24) is 5.32 Å². The molecule has 1 saturated carbocycles. The van der Waals surface area contributed by atoms with E-state index in [1.165, 1.54) is 24.3 Å². The van der Waals surface area contributed by atoms with Crippen molar-refractivity contribution < 1.29 is 14.1 Å².